The molecule has 0 unspecified atom stereocenters. The van der Waals surface area contributed by atoms with E-state index in [2.05, 4.69) is 5.10 Å². The number of nitrogens with zero attached hydrogens (tertiary/aromatic N) is 2. The van der Waals surface area contributed by atoms with Crippen molar-refractivity contribution in [3.05, 3.63) is 65.5 Å². The van der Waals surface area contributed by atoms with Crippen LogP contribution in [0.25, 0.3) is 10.8 Å². The maximum absolute atomic E-state index is 12.7. The fraction of sp³-hybridized carbons (Fsp3) is 0.222. The van der Waals surface area contributed by atoms with Gasteiger partial charge in [0, 0.05) is 17.8 Å². The zero-order valence-corrected chi connectivity index (χ0v) is 12.3. The first kappa shape index (κ1) is 13.6. The molecule has 0 saturated carbocycles. The average molecular weight is 278 g/mol. The van der Waals surface area contributed by atoms with Gasteiger partial charge >= 0.3 is 0 Å². The van der Waals surface area contributed by atoms with Gasteiger partial charge in [0.1, 0.15) is 0 Å². The Hall–Kier alpha value is -2.42. The molecule has 0 bridgehead atoms. The van der Waals surface area contributed by atoms with Gasteiger partial charge in [-0.3, -0.25) is 9.48 Å². The van der Waals surface area contributed by atoms with Crippen molar-refractivity contribution in [2.75, 3.05) is 0 Å². The van der Waals surface area contributed by atoms with Crippen molar-refractivity contribution in [1.29, 1.82) is 0 Å². The summed E-state index contributed by atoms with van der Waals surface area (Å²) >= 11 is 0. The molecule has 1 heterocycles. The molecular formula is C18H18N2O. The van der Waals surface area contributed by atoms with Gasteiger partial charge in [-0.25, -0.2) is 0 Å². The molecule has 0 radical (unpaired) electrons. The van der Waals surface area contributed by atoms with Gasteiger partial charge in [0.15, 0.2) is 5.78 Å². The van der Waals surface area contributed by atoms with E-state index in [1.807, 2.05) is 67.1 Å². The van der Waals surface area contributed by atoms with E-state index in [0.29, 0.717) is 6.42 Å². The highest BCUT2D eigenvalue weighted by molar-refractivity contribution is 6.08. The van der Waals surface area contributed by atoms with Crippen LogP contribution in [0.3, 0.4) is 0 Å². The Morgan fingerprint density at radius 3 is 2.71 bits per heavy atom. The summed E-state index contributed by atoms with van der Waals surface area (Å²) in [5.41, 5.74) is 2.72. The van der Waals surface area contributed by atoms with Crippen LogP contribution in [-0.2, 0) is 13.0 Å². The lowest BCUT2D eigenvalue weighted by molar-refractivity contribution is 0.0992. The molecule has 0 aliphatic carbocycles. The number of benzene rings is 2. The SMILES string of the molecule is CCn1nc(C)cc1CC(=O)c1cccc2ccccc12. The molecule has 106 valence electrons. The Labute approximate surface area is 124 Å². The quantitative estimate of drug-likeness (QED) is 0.680. The van der Waals surface area contributed by atoms with Crippen LogP contribution in [0.2, 0.25) is 0 Å². The predicted octanol–water partition coefficient (Wildman–Crippen LogP) is 3.79. The van der Waals surface area contributed by atoms with Crippen LogP contribution in [0.4, 0.5) is 0 Å². The van der Waals surface area contributed by atoms with E-state index in [4.69, 9.17) is 0 Å². The first-order chi connectivity index (χ1) is 10.2. The molecule has 21 heavy (non-hydrogen) atoms. The Bertz CT molecular complexity index is 797. The average Bonchev–Trinajstić information content (AvgIpc) is 2.86. The van der Waals surface area contributed by atoms with Crippen molar-refractivity contribution >= 4 is 16.6 Å². The molecule has 2 aromatic carbocycles. The molecular weight excluding hydrogens is 260 g/mol. The summed E-state index contributed by atoms with van der Waals surface area (Å²) in [4.78, 5) is 12.7. The lowest BCUT2D eigenvalue weighted by Crippen LogP contribution is -2.10. The molecule has 0 saturated heterocycles. The summed E-state index contributed by atoms with van der Waals surface area (Å²) < 4.78 is 1.90. The van der Waals surface area contributed by atoms with Gasteiger partial charge in [-0.05, 0) is 30.7 Å². The lowest BCUT2D eigenvalue weighted by Gasteiger charge is -2.07. The third-order valence-corrected chi connectivity index (χ3v) is 3.72. The number of aryl methyl sites for hydroxylation is 2. The number of aromatic nitrogens is 2. The maximum atomic E-state index is 12.7. The van der Waals surface area contributed by atoms with Crippen LogP contribution >= 0.6 is 0 Å². The van der Waals surface area contributed by atoms with E-state index in [-0.39, 0.29) is 5.78 Å². The zero-order chi connectivity index (χ0) is 14.8. The largest absolute Gasteiger partial charge is 0.294 e. The highest BCUT2D eigenvalue weighted by Crippen LogP contribution is 2.20. The molecule has 0 amide bonds. The van der Waals surface area contributed by atoms with E-state index in [1.54, 1.807) is 0 Å². The standard InChI is InChI=1S/C18H18N2O/c1-3-20-15(11-13(2)19-20)12-18(21)17-10-6-8-14-7-4-5-9-16(14)17/h4-11H,3,12H2,1-2H3. The monoisotopic (exact) mass is 278 g/mol. The Balaban J connectivity index is 1.97. The molecule has 0 fully saturated rings. The van der Waals surface area contributed by atoms with E-state index in [1.165, 1.54) is 0 Å². The Morgan fingerprint density at radius 1 is 1.14 bits per heavy atom. The van der Waals surface area contributed by atoms with Crippen molar-refractivity contribution in [2.45, 2.75) is 26.8 Å². The number of hydrogen-bond acceptors (Lipinski definition) is 2. The minimum absolute atomic E-state index is 0.140. The van der Waals surface area contributed by atoms with Crippen molar-refractivity contribution in [2.24, 2.45) is 0 Å². The first-order valence-electron chi connectivity index (χ1n) is 7.23. The van der Waals surface area contributed by atoms with Crippen LogP contribution in [0.5, 0.6) is 0 Å². The van der Waals surface area contributed by atoms with E-state index < -0.39 is 0 Å². The predicted molar refractivity (Wildman–Crippen MR) is 84.6 cm³/mol. The summed E-state index contributed by atoms with van der Waals surface area (Å²) in [5.74, 6) is 0.140. The minimum atomic E-state index is 0.140. The van der Waals surface area contributed by atoms with Crippen LogP contribution in [0, 0.1) is 6.92 Å². The zero-order valence-electron chi connectivity index (χ0n) is 12.3. The van der Waals surface area contributed by atoms with Crippen LogP contribution in [0.15, 0.2) is 48.5 Å². The van der Waals surface area contributed by atoms with Gasteiger partial charge < -0.3 is 0 Å². The topological polar surface area (TPSA) is 34.9 Å². The van der Waals surface area contributed by atoms with E-state index >= 15 is 0 Å². The summed E-state index contributed by atoms with van der Waals surface area (Å²) in [6.07, 6.45) is 0.392. The number of carbonyl (C=O) groups excluding carboxylic acids is 1. The third kappa shape index (κ3) is 2.59. The normalized spacial score (nSPS) is 11.0. The third-order valence-electron chi connectivity index (χ3n) is 3.72. The van der Waals surface area contributed by atoms with E-state index in [0.717, 1.165) is 34.3 Å². The molecule has 3 heteroatoms. The summed E-state index contributed by atoms with van der Waals surface area (Å²) in [7, 11) is 0. The molecule has 0 aliphatic heterocycles. The fourth-order valence-corrected chi connectivity index (χ4v) is 2.74. The molecule has 0 spiro atoms. The highest BCUT2D eigenvalue weighted by atomic mass is 16.1. The Morgan fingerprint density at radius 2 is 1.90 bits per heavy atom. The van der Waals surface area contributed by atoms with Crippen molar-refractivity contribution < 1.29 is 4.79 Å². The first-order valence-corrected chi connectivity index (χ1v) is 7.23. The maximum Gasteiger partial charge on any atom is 0.169 e. The second-order valence-electron chi connectivity index (χ2n) is 5.22. The second kappa shape index (κ2) is 5.52. The van der Waals surface area contributed by atoms with Crippen molar-refractivity contribution in [1.82, 2.24) is 9.78 Å². The smallest absolute Gasteiger partial charge is 0.169 e. The summed E-state index contributed by atoms with van der Waals surface area (Å²) in [6, 6.07) is 15.9. The molecule has 0 aliphatic rings. The minimum Gasteiger partial charge on any atom is -0.294 e. The molecule has 0 atom stereocenters. The van der Waals surface area contributed by atoms with Gasteiger partial charge in [-0.2, -0.15) is 5.10 Å². The molecule has 1 aromatic heterocycles. The van der Waals surface area contributed by atoms with E-state index in [9.17, 15) is 4.79 Å². The lowest BCUT2D eigenvalue weighted by atomic mass is 9.99. The van der Waals surface area contributed by atoms with Gasteiger partial charge in [0.2, 0.25) is 0 Å². The van der Waals surface area contributed by atoms with Gasteiger partial charge in [-0.1, -0.05) is 42.5 Å². The number of hydrogen-bond donors (Lipinski definition) is 0. The number of carbonyl (C=O) groups is 1. The van der Waals surface area contributed by atoms with Gasteiger partial charge in [0.25, 0.3) is 0 Å². The fourth-order valence-electron chi connectivity index (χ4n) is 2.74. The number of Topliss-reactive ketones (excluding diaryl/α,β-unsaturated/α-hetero) is 1. The van der Waals surface area contributed by atoms with Crippen molar-refractivity contribution in [3.63, 3.8) is 0 Å². The molecule has 3 nitrogen and oxygen atoms in total. The summed E-state index contributed by atoms with van der Waals surface area (Å²) in [5, 5.41) is 6.52. The molecule has 3 aromatic rings. The summed E-state index contributed by atoms with van der Waals surface area (Å²) in [6.45, 7) is 4.78. The second-order valence-corrected chi connectivity index (χ2v) is 5.22. The molecule has 0 N–H and O–H groups in total. The number of rotatable bonds is 4. The Kier molecular flexibility index (Phi) is 3.57. The number of fused-ring (bicyclic) bond motifs is 1. The van der Waals surface area contributed by atoms with Crippen LogP contribution in [-0.4, -0.2) is 15.6 Å². The highest BCUT2D eigenvalue weighted by Gasteiger charge is 2.13. The van der Waals surface area contributed by atoms with Gasteiger partial charge in [0.05, 0.1) is 12.1 Å². The van der Waals surface area contributed by atoms with Crippen LogP contribution in [0.1, 0.15) is 28.7 Å². The number of ketones is 1. The van der Waals surface area contributed by atoms with Gasteiger partial charge in [-0.15, -0.1) is 0 Å². The van der Waals surface area contributed by atoms with Crippen LogP contribution < -0.4 is 0 Å². The van der Waals surface area contributed by atoms with Crippen molar-refractivity contribution in [3.8, 4) is 0 Å². The molecule has 3 rings (SSSR count).